The lowest BCUT2D eigenvalue weighted by Crippen LogP contribution is -2.42. The van der Waals surface area contributed by atoms with Gasteiger partial charge in [0.15, 0.2) is 0 Å². The molecular formula is C16H16BrNO4S. The van der Waals surface area contributed by atoms with E-state index in [9.17, 15) is 13.2 Å². The molecule has 0 fully saturated rings. The molecule has 0 spiro atoms. The molecule has 0 aromatic heterocycles. The Labute approximate surface area is 143 Å². The number of carbonyl (C=O) groups excluding carboxylic acids is 1. The lowest BCUT2D eigenvalue weighted by Gasteiger charge is -2.17. The molecule has 0 unspecified atom stereocenters. The van der Waals surface area contributed by atoms with Crippen molar-refractivity contribution >= 4 is 31.9 Å². The van der Waals surface area contributed by atoms with E-state index in [1.807, 2.05) is 30.3 Å². The molecule has 0 aliphatic carbocycles. The summed E-state index contributed by atoms with van der Waals surface area (Å²) in [6.07, 6.45) is 0.212. The highest BCUT2D eigenvalue weighted by atomic mass is 79.9. The molecule has 0 amide bonds. The molecule has 0 saturated heterocycles. The zero-order valence-electron chi connectivity index (χ0n) is 12.4. The van der Waals surface area contributed by atoms with Gasteiger partial charge < -0.3 is 4.74 Å². The SMILES string of the molecule is COC(=O)[C@@H](Cc1ccccc1)NS(=O)(=O)c1ccc(Br)cc1. The number of carbonyl (C=O) groups is 1. The normalized spacial score (nSPS) is 12.6. The van der Waals surface area contributed by atoms with Crippen molar-refractivity contribution in [1.82, 2.24) is 4.72 Å². The molecule has 1 N–H and O–H groups in total. The number of esters is 1. The number of halogens is 1. The van der Waals surface area contributed by atoms with Crippen LogP contribution in [0.15, 0.2) is 64.0 Å². The third-order valence-electron chi connectivity index (χ3n) is 3.19. The monoisotopic (exact) mass is 397 g/mol. The van der Waals surface area contributed by atoms with E-state index in [0.717, 1.165) is 10.0 Å². The second-order valence-electron chi connectivity index (χ2n) is 4.84. The summed E-state index contributed by atoms with van der Waals surface area (Å²) in [6.45, 7) is 0. The van der Waals surface area contributed by atoms with Crippen LogP contribution in [0.4, 0.5) is 0 Å². The molecule has 5 nitrogen and oxygen atoms in total. The average Bonchev–Trinajstić information content (AvgIpc) is 2.54. The first-order chi connectivity index (χ1) is 10.9. The molecule has 1 atom stereocenters. The maximum Gasteiger partial charge on any atom is 0.324 e. The van der Waals surface area contributed by atoms with E-state index in [2.05, 4.69) is 20.7 Å². The third-order valence-corrected chi connectivity index (χ3v) is 5.21. The van der Waals surface area contributed by atoms with Crippen molar-refractivity contribution in [2.24, 2.45) is 0 Å². The number of hydrogen-bond acceptors (Lipinski definition) is 4. The largest absolute Gasteiger partial charge is 0.468 e. The van der Waals surface area contributed by atoms with E-state index in [-0.39, 0.29) is 11.3 Å². The Hall–Kier alpha value is -1.70. The van der Waals surface area contributed by atoms with Gasteiger partial charge in [-0.3, -0.25) is 4.79 Å². The smallest absolute Gasteiger partial charge is 0.324 e. The highest BCUT2D eigenvalue weighted by molar-refractivity contribution is 9.10. The van der Waals surface area contributed by atoms with Crippen LogP contribution in [0.5, 0.6) is 0 Å². The molecule has 0 bridgehead atoms. The lowest BCUT2D eigenvalue weighted by atomic mass is 10.1. The first-order valence-electron chi connectivity index (χ1n) is 6.82. The summed E-state index contributed by atoms with van der Waals surface area (Å²) in [5.74, 6) is -0.630. The van der Waals surface area contributed by atoms with Crippen LogP contribution >= 0.6 is 15.9 Å². The zero-order valence-corrected chi connectivity index (χ0v) is 14.8. The van der Waals surface area contributed by atoms with Crippen LogP contribution < -0.4 is 4.72 Å². The molecule has 2 rings (SSSR count). The second kappa shape index (κ2) is 7.72. The van der Waals surface area contributed by atoms with Gasteiger partial charge >= 0.3 is 5.97 Å². The molecule has 122 valence electrons. The van der Waals surface area contributed by atoms with Crippen molar-refractivity contribution < 1.29 is 17.9 Å². The van der Waals surface area contributed by atoms with E-state index in [1.54, 1.807) is 12.1 Å². The number of benzene rings is 2. The second-order valence-corrected chi connectivity index (χ2v) is 7.47. The number of rotatable bonds is 6. The van der Waals surface area contributed by atoms with E-state index in [0.29, 0.717) is 0 Å². The molecule has 0 radical (unpaired) electrons. The summed E-state index contributed by atoms with van der Waals surface area (Å²) in [4.78, 5) is 12.0. The van der Waals surface area contributed by atoms with Crippen LogP contribution in [0.25, 0.3) is 0 Å². The van der Waals surface area contributed by atoms with Crippen LogP contribution in [0.1, 0.15) is 5.56 Å². The number of methoxy groups -OCH3 is 1. The van der Waals surface area contributed by atoms with Gasteiger partial charge in [-0.2, -0.15) is 4.72 Å². The quantitative estimate of drug-likeness (QED) is 0.760. The van der Waals surface area contributed by atoms with Crippen molar-refractivity contribution in [3.05, 3.63) is 64.6 Å². The van der Waals surface area contributed by atoms with Crippen LogP contribution in [-0.2, 0) is 26.0 Å². The summed E-state index contributed by atoms with van der Waals surface area (Å²) < 4.78 is 32.8. The van der Waals surface area contributed by atoms with Crippen LogP contribution in [0.3, 0.4) is 0 Å². The minimum absolute atomic E-state index is 0.0858. The van der Waals surface area contributed by atoms with Gasteiger partial charge in [0.1, 0.15) is 6.04 Å². The summed E-state index contributed by atoms with van der Waals surface area (Å²) in [6, 6.07) is 14.3. The molecule has 0 saturated carbocycles. The minimum Gasteiger partial charge on any atom is -0.468 e. The summed E-state index contributed by atoms with van der Waals surface area (Å²) >= 11 is 3.25. The van der Waals surface area contributed by atoms with Gasteiger partial charge in [-0.1, -0.05) is 46.3 Å². The fraction of sp³-hybridized carbons (Fsp3) is 0.188. The predicted molar refractivity (Wildman–Crippen MR) is 90.4 cm³/mol. The van der Waals surface area contributed by atoms with Gasteiger partial charge in [-0.05, 0) is 36.2 Å². The van der Waals surface area contributed by atoms with Gasteiger partial charge in [0, 0.05) is 4.47 Å². The van der Waals surface area contributed by atoms with E-state index >= 15 is 0 Å². The van der Waals surface area contributed by atoms with E-state index in [1.165, 1.54) is 19.2 Å². The number of nitrogens with one attached hydrogen (secondary N) is 1. The van der Waals surface area contributed by atoms with Crippen molar-refractivity contribution in [2.75, 3.05) is 7.11 Å². The van der Waals surface area contributed by atoms with Gasteiger partial charge in [0.2, 0.25) is 10.0 Å². The summed E-state index contributed by atoms with van der Waals surface area (Å²) in [7, 11) is -2.59. The highest BCUT2D eigenvalue weighted by Crippen LogP contribution is 2.16. The fourth-order valence-electron chi connectivity index (χ4n) is 2.03. The van der Waals surface area contributed by atoms with Crippen molar-refractivity contribution in [3.63, 3.8) is 0 Å². The Bertz CT molecular complexity index is 760. The maximum atomic E-state index is 12.4. The molecule has 7 heteroatoms. The van der Waals surface area contributed by atoms with Crippen LogP contribution in [0, 0.1) is 0 Å². The summed E-state index contributed by atoms with van der Waals surface area (Å²) in [5.41, 5.74) is 0.835. The molecule has 0 aliphatic rings. The average molecular weight is 398 g/mol. The van der Waals surface area contributed by atoms with Crippen molar-refractivity contribution in [1.29, 1.82) is 0 Å². The van der Waals surface area contributed by atoms with Gasteiger partial charge in [0.25, 0.3) is 0 Å². The fourth-order valence-corrected chi connectivity index (χ4v) is 3.48. The Morgan fingerprint density at radius 1 is 1.13 bits per heavy atom. The first-order valence-corrected chi connectivity index (χ1v) is 9.09. The summed E-state index contributed by atoms with van der Waals surface area (Å²) in [5, 5.41) is 0. The first kappa shape index (κ1) is 17.7. The Balaban J connectivity index is 2.23. The Morgan fingerprint density at radius 2 is 1.74 bits per heavy atom. The zero-order chi connectivity index (χ0) is 16.9. The van der Waals surface area contributed by atoms with Crippen molar-refractivity contribution in [2.45, 2.75) is 17.4 Å². The van der Waals surface area contributed by atoms with Gasteiger partial charge in [-0.25, -0.2) is 8.42 Å². The third kappa shape index (κ3) is 4.89. The molecule has 2 aromatic rings. The maximum absolute atomic E-state index is 12.4. The number of hydrogen-bond donors (Lipinski definition) is 1. The van der Waals surface area contributed by atoms with Gasteiger partial charge in [-0.15, -0.1) is 0 Å². The molecule has 0 aliphatic heterocycles. The lowest BCUT2D eigenvalue weighted by molar-refractivity contribution is -0.142. The number of sulfonamides is 1. The molecule has 2 aromatic carbocycles. The topological polar surface area (TPSA) is 72.5 Å². The molecular weight excluding hydrogens is 382 g/mol. The highest BCUT2D eigenvalue weighted by Gasteiger charge is 2.26. The number of ether oxygens (including phenoxy) is 1. The van der Waals surface area contributed by atoms with E-state index < -0.39 is 22.0 Å². The van der Waals surface area contributed by atoms with Gasteiger partial charge in [0.05, 0.1) is 12.0 Å². The van der Waals surface area contributed by atoms with Crippen molar-refractivity contribution in [3.8, 4) is 0 Å². The molecule has 23 heavy (non-hydrogen) atoms. The van der Waals surface area contributed by atoms with Crippen LogP contribution in [0.2, 0.25) is 0 Å². The Kier molecular flexibility index (Phi) is 5.92. The molecule has 0 heterocycles. The van der Waals surface area contributed by atoms with E-state index in [4.69, 9.17) is 4.74 Å². The minimum atomic E-state index is -3.82. The Morgan fingerprint density at radius 3 is 2.30 bits per heavy atom. The predicted octanol–water partition coefficient (Wildman–Crippen LogP) is 2.51. The standard InChI is InChI=1S/C16H16BrNO4S/c1-22-16(19)15(11-12-5-3-2-4-6-12)18-23(20,21)14-9-7-13(17)8-10-14/h2-10,15,18H,11H2,1H3/t15-/m1/s1. The van der Waals surface area contributed by atoms with Crippen LogP contribution in [-0.4, -0.2) is 27.5 Å².